The minimum atomic E-state index is -0.725. The quantitative estimate of drug-likeness (QED) is 0.623. The number of hydrogen-bond acceptors (Lipinski definition) is 2. The van der Waals surface area contributed by atoms with E-state index in [1.165, 1.54) is 4.90 Å². The Bertz CT molecular complexity index is 874. The summed E-state index contributed by atoms with van der Waals surface area (Å²) in [7, 11) is 0. The van der Waals surface area contributed by atoms with E-state index in [2.05, 4.69) is 5.32 Å². The first-order chi connectivity index (χ1) is 13.5. The first-order valence-electron chi connectivity index (χ1n) is 9.27. The molecule has 7 heteroatoms. The van der Waals surface area contributed by atoms with Crippen molar-refractivity contribution in [2.45, 2.75) is 52.2 Å². The average molecular weight is 456 g/mol. The molecule has 2 amide bonds. The lowest BCUT2D eigenvalue weighted by Gasteiger charge is -2.32. The third-order valence-corrected chi connectivity index (χ3v) is 5.43. The van der Waals surface area contributed by atoms with Crippen molar-refractivity contribution < 1.29 is 9.59 Å². The van der Waals surface area contributed by atoms with E-state index < -0.39 is 11.6 Å². The monoisotopic (exact) mass is 454 g/mol. The SMILES string of the molecule is C[C@@H](C(=O)NC(C)(C)C)N(Cc1c(Cl)cccc1Cl)C(=O)Cc1ccccc1Cl. The van der Waals surface area contributed by atoms with Crippen LogP contribution in [0.4, 0.5) is 0 Å². The molecule has 0 fully saturated rings. The fourth-order valence-electron chi connectivity index (χ4n) is 2.82. The van der Waals surface area contributed by atoms with Crippen molar-refractivity contribution in [3.8, 4) is 0 Å². The van der Waals surface area contributed by atoms with Crippen LogP contribution in [0.25, 0.3) is 0 Å². The molecule has 0 unspecified atom stereocenters. The van der Waals surface area contributed by atoms with Gasteiger partial charge in [-0.3, -0.25) is 9.59 Å². The van der Waals surface area contributed by atoms with Crippen LogP contribution in [0.3, 0.4) is 0 Å². The summed E-state index contributed by atoms with van der Waals surface area (Å²) in [6, 6.07) is 11.6. The van der Waals surface area contributed by atoms with Gasteiger partial charge in [0.05, 0.1) is 6.42 Å². The molecular formula is C22H25Cl3N2O2. The number of carbonyl (C=O) groups is 2. The van der Waals surface area contributed by atoms with Crippen molar-refractivity contribution in [3.05, 3.63) is 68.7 Å². The maximum atomic E-state index is 13.2. The summed E-state index contributed by atoms with van der Waals surface area (Å²) in [5.74, 6) is -0.501. The van der Waals surface area contributed by atoms with Gasteiger partial charge in [-0.1, -0.05) is 59.1 Å². The summed E-state index contributed by atoms with van der Waals surface area (Å²) in [5, 5.41) is 4.31. The molecule has 0 aliphatic heterocycles. The van der Waals surface area contributed by atoms with Crippen LogP contribution in [0, 0.1) is 0 Å². The number of halogens is 3. The average Bonchev–Trinajstić information content (AvgIpc) is 2.61. The number of hydrogen-bond donors (Lipinski definition) is 1. The van der Waals surface area contributed by atoms with Crippen molar-refractivity contribution >= 4 is 46.6 Å². The Hall–Kier alpha value is -1.75. The molecule has 0 aliphatic rings. The Balaban J connectivity index is 2.35. The van der Waals surface area contributed by atoms with Gasteiger partial charge >= 0.3 is 0 Å². The van der Waals surface area contributed by atoms with Gasteiger partial charge in [-0.15, -0.1) is 0 Å². The van der Waals surface area contributed by atoms with E-state index in [9.17, 15) is 9.59 Å². The first kappa shape index (κ1) is 23.5. The molecule has 0 heterocycles. The summed E-state index contributed by atoms with van der Waals surface area (Å²) in [5.41, 5.74) is 0.863. The van der Waals surface area contributed by atoms with Crippen molar-refractivity contribution in [3.63, 3.8) is 0 Å². The fraction of sp³-hybridized carbons (Fsp3) is 0.364. The van der Waals surface area contributed by atoms with Crippen molar-refractivity contribution in [1.82, 2.24) is 10.2 Å². The van der Waals surface area contributed by atoms with Crippen LogP contribution in [-0.2, 0) is 22.6 Å². The van der Waals surface area contributed by atoms with Crippen molar-refractivity contribution in [2.75, 3.05) is 0 Å². The number of rotatable bonds is 6. The summed E-state index contributed by atoms with van der Waals surface area (Å²) < 4.78 is 0. The number of nitrogens with zero attached hydrogens (tertiary/aromatic N) is 1. The number of carbonyl (C=O) groups excluding carboxylic acids is 2. The molecule has 0 aromatic heterocycles. The highest BCUT2D eigenvalue weighted by atomic mass is 35.5. The minimum Gasteiger partial charge on any atom is -0.350 e. The van der Waals surface area contributed by atoms with Crippen LogP contribution in [-0.4, -0.2) is 28.3 Å². The number of benzene rings is 2. The lowest BCUT2D eigenvalue weighted by atomic mass is 10.1. The molecular weight excluding hydrogens is 431 g/mol. The normalized spacial score (nSPS) is 12.4. The van der Waals surface area contributed by atoms with E-state index in [-0.39, 0.29) is 24.8 Å². The molecule has 0 aliphatic carbocycles. The summed E-state index contributed by atoms with van der Waals surface area (Å²) in [4.78, 5) is 27.5. The van der Waals surface area contributed by atoms with Crippen LogP contribution in [0.15, 0.2) is 42.5 Å². The molecule has 1 N–H and O–H groups in total. The third kappa shape index (κ3) is 6.63. The summed E-state index contributed by atoms with van der Waals surface area (Å²) in [6.07, 6.45) is 0.0644. The molecule has 2 rings (SSSR count). The lowest BCUT2D eigenvalue weighted by molar-refractivity contribution is -0.140. The zero-order chi connectivity index (χ0) is 21.8. The van der Waals surface area contributed by atoms with Crippen molar-refractivity contribution in [1.29, 1.82) is 0 Å². The maximum absolute atomic E-state index is 13.2. The van der Waals surface area contributed by atoms with Gasteiger partial charge in [0.15, 0.2) is 0 Å². The van der Waals surface area contributed by atoms with E-state index in [1.807, 2.05) is 26.8 Å². The molecule has 0 saturated heterocycles. The van der Waals surface area contributed by atoms with E-state index in [0.717, 1.165) is 0 Å². The molecule has 2 aromatic carbocycles. The summed E-state index contributed by atoms with van der Waals surface area (Å²) in [6.45, 7) is 7.46. The zero-order valence-corrected chi connectivity index (χ0v) is 19.2. The van der Waals surface area contributed by atoms with Crippen molar-refractivity contribution in [2.24, 2.45) is 0 Å². The fourth-order valence-corrected chi connectivity index (χ4v) is 3.54. The van der Waals surface area contributed by atoms with Gasteiger partial charge in [0.25, 0.3) is 0 Å². The largest absolute Gasteiger partial charge is 0.350 e. The molecule has 1 atom stereocenters. The minimum absolute atomic E-state index is 0.0644. The van der Waals surface area contributed by atoms with Crippen LogP contribution >= 0.6 is 34.8 Å². The molecule has 0 saturated carbocycles. The smallest absolute Gasteiger partial charge is 0.242 e. The molecule has 0 radical (unpaired) electrons. The predicted molar refractivity (Wildman–Crippen MR) is 120 cm³/mol. The Labute approximate surface area is 187 Å². The van der Waals surface area contributed by atoms with E-state index in [0.29, 0.717) is 26.2 Å². The molecule has 2 aromatic rings. The standard InChI is InChI=1S/C22H25Cl3N2O2/c1-14(21(29)26-22(2,3)4)27(13-16-18(24)10-7-11-19(16)25)20(28)12-15-8-5-6-9-17(15)23/h5-11,14H,12-13H2,1-4H3,(H,26,29)/t14-/m0/s1. The predicted octanol–water partition coefficient (Wildman–Crippen LogP) is 5.52. The zero-order valence-electron chi connectivity index (χ0n) is 16.9. The van der Waals surface area contributed by atoms with Gasteiger partial charge < -0.3 is 10.2 Å². The maximum Gasteiger partial charge on any atom is 0.242 e. The molecule has 0 bridgehead atoms. The highest BCUT2D eigenvalue weighted by Crippen LogP contribution is 2.27. The van der Waals surface area contributed by atoms with Crippen LogP contribution in [0.2, 0.25) is 15.1 Å². The topological polar surface area (TPSA) is 49.4 Å². The molecule has 4 nitrogen and oxygen atoms in total. The van der Waals surface area contributed by atoms with Crippen LogP contribution in [0.1, 0.15) is 38.8 Å². The number of amides is 2. The highest BCUT2D eigenvalue weighted by Gasteiger charge is 2.29. The molecule has 156 valence electrons. The Morgan fingerprint density at radius 1 is 0.966 bits per heavy atom. The van der Waals surface area contributed by atoms with E-state index in [4.69, 9.17) is 34.8 Å². The first-order valence-corrected chi connectivity index (χ1v) is 10.4. The van der Waals surface area contributed by atoms with Gasteiger partial charge in [-0.05, 0) is 51.5 Å². The molecule has 0 spiro atoms. The second-order valence-electron chi connectivity index (χ2n) is 7.91. The van der Waals surface area contributed by atoms with Crippen LogP contribution < -0.4 is 5.32 Å². The van der Waals surface area contributed by atoms with Gasteiger partial charge in [0.2, 0.25) is 11.8 Å². The van der Waals surface area contributed by atoms with Gasteiger partial charge in [0, 0.05) is 32.7 Å². The molecule has 29 heavy (non-hydrogen) atoms. The van der Waals surface area contributed by atoms with Gasteiger partial charge in [0.1, 0.15) is 6.04 Å². The Kier molecular flexibility index (Phi) is 7.98. The Morgan fingerprint density at radius 2 is 1.52 bits per heavy atom. The van der Waals surface area contributed by atoms with Gasteiger partial charge in [-0.25, -0.2) is 0 Å². The Morgan fingerprint density at radius 3 is 2.07 bits per heavy atom. The second-order valence-corrected chi connectivity index (χ2v) is 9.13. The van der Waals surface area contributed by atoms with E-state index >= 15 is 0 Å². The number of nitrogens with one attached hydrogen (secondary N) is 1. The summed E-state index contributed by atoms with van der Waals surface area (Å²) >= 11 is 18.8. The third-order valence-electron chi connectivity index (χ3n) is 4.36. The van der Waals surface area contributed by atoms with Crippen LogP contribution in [0.5, 0.6) is 0 Å². The second kappa shape index (κ2) is 9.84. The van der Waals surface area contributed by atoms with Gasteiger partial charge in [-0.2, -0.15) is 0 Å². The highest BCUT2D eigenvalue weighted by molar-refractivity contribution is 6.36. The van der Waals surface area contributed by atoms with E-state index in [1.54, 1.807) is 43.3 Å². The lowest BCUT2D eigenvalue weighted by Crippen LogP contribution is -2.52.